The van der Waals surface area contributed by atoms with E-state index in [0.717, 1.165) is 19.3 Å². The molecule has 0 aliphatic carbocycles. The Hall–Kier alpha value is -0.620. The lowest BCUT2D eigenvalue weighted by Gasteiger charge is -2.17. The summed E-state index contributed by atoms with van der Waals surface area (Å²) >= 11 is 12.4. The number of aliphatic carboxylic acids is 3. The van der Waals surface area contributed by atoms with Crippen molar-refractivity contribution >= 4 is 55.8 Å². The molecular formula is C24H50O8S3. The third kappa shape index (κ3) is 51.0. The standard InChI is InChI=1S/3C6H12O2S.C6H14O2/c3*1-2-5(9)3-4-6(7)8;1-5(7)4-6(2,3)8/h3*5,9H,2-4H2,1H3,(H,7,8);5,7-8H,4H2,1-3H3. The molecule has 35 heavy (non-hydrogen) atoms. The van der Waals surface area contributed by atoms with Gasteiger partial charge in [-0.1, -0.05) is 20.8 Å². The highest BCUT2D eigenvalue weighted by Gasteiger charge is 2.14. The molecule has 5 N–H and O–H groups in total. The summed E-state index contributed by atoms with van der Waals surface area (Å²) in [6.45, 7) is 11.0. The molecular weight excluding hydrogens is 512 g/mol. The quantitative estimate of drug-likeness (QED) is 0.134. The zero-order chi connectivity index (χ0) is 28.6. The molecule has 0 saturated heterocycles. The van der Waals surface area contributed by atoms with Crippen LogP contribution in [-0.2, 0) is 14.4 Å². The van der Waals surface area contributed by atoms with Crippen molar-refractivity contribution in [3.63, 3.8) is 0 Å². The maximum atomic E-state index is 9.99. The zero-order valence-corrected chi connectivity index (χ0v) is 24.9. The van der Waals surface area contributed by atoms with Gasteiger partial charge in [-0.2, -0.15) is 37.9 Å². The second kappa shape index (κ2) is 26.4. The highest BCUT2D eigenvalue weighted by molar-refractivity contribution is 7.81. The largest absolute Gasteiger partial charge is 0.481 e. The van der Waals surface area contributed by atoms with Gasteiger partial charge in [-0.25, -0.2) is 0 Å². The number of hydrogen-bond acceptors (Lipinski definition) is 8. The highest BCUT2D eigenvalue weighted by Crippen LogP contribution is 2.10. The third-order valence-corrected chi connectivity index (χ3v) is 6.15. The summed E-state index contributed by atoms with van der Waals surface area (Å²) in [4.78, 5) is 30.0. The lowest BCUT2D eigenvalue weighted by molar-refractivity contribution is -0.138. The summed E-state index contributed by atoms with van der Waals surface area (Å²) in [5.41, 5.74) is -0.728. The van der Waals surface area contributed by atoms with Gasteiger partial charge in [0.1, 0.15) is 0 Å². The fourth-order valence-corrected chi connectivity index (χ4v) is 2.59. The zero-order valence-electron chi connectivity index (χ0n) is 22.2. The molecule has 0 aromatic heterocycles. The Bertz CT molecular complexity index is 468. The van der Waals surface area contributed by atoms with Crippen LogP contribution in [0, 0.1) is 0 Å². The van der Waals surface area contributed by atoms with Crippen molar-refractivity contribution < 1.29 is 39.9 Å². The lowest BCUT2D eigenvalue weighted by atomic mass is 10.0. The Labute approximate surface area is 228 Å². The van der Waals surface area contributed by atoms with Gasteiger partial charge in [-0.05, 0) is 59.3 Å². The van der Waals surface area contributed by atoms with Gasteiger partial charge < -0.3 is 25.5 Å². The van der Waals surface area contributed by atoms with Crippen molar-refractivity contribution in [2.24, 2.45) is 0 Å². The average Bonchev–Trinajstić information content (AvgIpc) is 2.73. The van der Waals surface area contributed by atoms with Crippen LogP contribution in [0.4, 0.5) is 0 Å². The van der Waals surface area contributed by atoms with Crippen molar-refractivity contribution in [2.45, 2.75) is 133 Å². The van der Waals surface area contributed by atoms with Crippen LogP contribution in [0.3, 0.4) is 0 Å². The van der Waals surface area contributed by atoms with Crippen LogP contribution in [0.15, 0.2) is 0 Å². The summed E-state index contributed by atoms with van der Waals surface area (Å²) in [6.07, 6.45) is 5.59. The molecule has 4 unspecified atom stereocenters. The SMILES string of the molecule is CC(O)CC(C)(C)O.CCC(S)CCC(=O)O.CCC(S)CCC(=O)O.CCC(S)CCC(=O)O. The monoisotopic (exact) mass is 562 g/mol. The summed E-state index contributed by atoms with van der Waals surface area (Å²) in [5.74, 6) is -2.20. The molecule has 8 nitrogen and oxygen atoms in total. The number of hydrogen-bond donors (Lipinski definition) is 8. The number of carboxylic acids is 3. The minimum Gasteiger partial charge on any atom is -0.481 e. The van der Waals surface area contributed by atoms with Crippen molar-refractivity contribution in [3.8, 4) is 0 Å². The molecule has 0 rings (SSSR count). The van der Waals surface area contributed by atoms with E-state index in [4.69, 9.17) is 25.5 Å². The van der Waals surface area contributed by atoms with Gasteiger partial charge in [-0.3, -0.25) is 14.4 Å². The minimum atomic E-state index is -0.734. The van der Waals surface area contributed by atoms with Gasteiger partial charge in [0.05, 0.1) is 11.7 Å². The van der Waals surface area contributed by atoms with Gasteiger partial charge >= 0.3 is 17.9 Å². The third-order valence-electron chi connectivity index (χ3n) is 4.28. The van der Waals surface area contributed by atoms with E-state index in [2.05, 4.69) is 37.9 Å². The highest BCUT2D eigenvalue weighted by atomic mass is 32.1. The molecule has 11 heteroatoms. The van der Waals surface area contributed by atoms with Crippen molar-refractivity contribution in [2.75, 3.05) is 0 Å². The fourth-order valence-electron chi connectivity index (χ4n) is 2.21. The van der Waals surface area contributed by atoms with Crippen molar-refractivity contribution in [1.82, 2.24) is 0 Å². The van der Waals surface area contributed by atoms with Gasteiger partial charge in [0.15, 0.2) is 0 Å². The summed E-state index contributed by atoms with van der Waals surface area (Å²) < 4.78 is 0. The van der Waals surface area contributed by atoms with E-state index in [-0.39, 0.29) is 35.0 Å². The first-order valence-electron chi connectivity index (χ1n) is 12.0. The van der Waals surface area contributed by atoms with Crippen molar-refractivity contribution in [1.29, 1.82) is 0 Å². The predicted octanol–water partition coefficient (Wildman–Crippen LogP) is 5.21. The van der Waals surface area contributed by atoms with E-state index in [1.807, 2.05) is 20.8 Å². The van der Waals surface area contributed by atoms with Gasteiger partial charge in [-0.15, -0.1) is 0 Å². The van der Waals surface area contributed by atoms with E-state index >= 15 is 0 Å². The maximum Gasteiger partial charge on any atom is 0.303 e. The maximum absolute atomic E-state index is 9.99. The molecule has 0 aromatic rings. The number of aliphatic hydroxyl groups is 2. The van der Waals surface area contributed by atoms with Crippen LogP contribution < -0.4 is 0 Å². The van der Waals surface area contributed by atoms with E-state index in [0.29, 0.717) is 25.7 Å². The normalized spacial score (nSPS) is 13.8. The Morgan fingerprint density at radius 1 is 0.686 bits per heavy atom. The molecule has 0 aliphatic heterocycles. The average molecular weight is 563 g/mol. The molecule has 0 aromatic carbocycles. The first kappa shape index (κ1) is 41.5. The predicted molar refractivity (Wildman–Crippen MR) is 152 cm³/mol. The van der Waals surface area contributed by atoms with E-state index in [1.54, 1.807) is 20.8 Å². The number of carboxylic acid groups (broad SMARTS) is 3. The molecule has 0 bridgehead atoms. The van der Waals surface area contributed by atoms with E-state index in [1.165, 1.54) is 0 Å². The second-order valence-corrected chi connectivity index (χ2v) is 11.0. The second-order valence-electron chi connectivity index (χ2n) is 8.85. The topological polar surface area (TPSA) is 152 Å². The number of thiol groups is 3. The first-order chi connectivity index (χ1) is 15.9. The molecule has 0 aliphatic rings. The van der Waals surface area contributed by atoms with Crippen LogP contribution in [0.2, 0.25) is 0 Å². The molecule has 212 valence electrons. The summed E-state index contributed by atoms with van der Waals surface area (Å²) in [5, 5.41) is 43.2. The number of carbonyl (C=O) groups is 3. The van der Waals surface area contributed by atoms with Crippen LogP contribution in [0.5, 0.6) is 0 Å². The smallest absolute Gasteiger partial charge is 0.303 e. The van der Waals surface area contributed by atoms with E-state index in [9.17, 15) is 14.4 Å². The van der Waals surface area contributed by atoms with Gasteiger partial charge in [0.2, 0.25) is 0 Å². The first-order valence-corrected chi connectivity index (χ1v) is 13.6. The number of aliphatic hydroxyl groups excluding tert-OH is 1. The Morgan fingerprint density at radius 3 is 1.00 bits per heavy atom. The van der Waals surface area contributed by atoms with E-state index < -0.39 is 29.6 Å². The fraction of sp³-hybridized carbons (Fsp3) is 0.875. The number of rotatable bonds is 14. The molecule has 0 amide bonds. The Morgan fingerprint density at radius 2 is 0.914 bits per heavy atom. The van der Waals surface area contributed by atoms with Gasteiger partial charge in [0, 0.05) is 41.4 Å². The molecule has 0 fully saturated rings. The Balaban J connectivity index is -0.000000183. The van der Waals surface area contributed by atoms with Gasteiger partial charge in [0.25, 0.3) is 0 Å². The lowest BCUT2D eigenvalue weighted by Crippen LogP contribution is -2.24. The minimum absolute atomic E-state index is 0.238. The van der Waals surface area contributed by atoms with Crippen LogP contribution in [0.25, 0.3) is 0 Å². The summed E-state index contributed by atoms with van der Waals surface area (Å²) in [6, 6.07) is 0. The molecule has 0 radical (unpaired) electrons. The molecule has 4 atom stereocenters. The molecule has 0 heterocycles. The molecule has 0 saturated carbocycles. The van der Waals surface area contributed by atoms with Crippen LogP contribution >= 0.6 is 37.9 Å². The molecule has 0 spiro atoms. The van der Waals surface area contributed by atoms with Crippen LogP contribution in [-0.4, -0.2) is 70.9 Å². The Kier molecular flexibility index (Phi) is 31.4. The summed E-state index contributed by atoms with van der Waals surface area (Å²) in [7, 11) is 0. The van der Waals surface area contributed by atoms with Crippen molar-refractivity contribution in [3.05, 3.63) is 0 Å². The van der Waals surface area contributed by atoms with Crippen LogP contribution in [0.1, 0.15) is 106 Å².